The van der Waals surface area contributed by atoms with Gasteiger partial charge in [0.25, 0.3) is 5.91 Å². The fourth-order valence-electron chi connectivity index (χ4n) is 3.47. The number of nitrogens with one attached hydrogen (secondary N) is 2. The summed E-state index contributed by atoms with van der Waals surface area (Å²) < 4.78 is 5.28. The molecule has 1 aliphatic rings. The number of hydrogen-bond acceptors (Lipinski definition) is 4. The molecular formula is C26H23N3O4. The Bertz CT molecular complexity index is 1250. The van der Waals surface area contributed by atoms with Crippen LogP contribution in [-0.2, 0) is 9.59 Å². The summed E-state index contributed by atoms with van der Waals surface area (Å²) in [7, 11) is 1.61. The summed E-state index contributed by atoms with van der Waals surface area (Å²) in [6.07, 6.45) is 1.60. The van der Waals surface area contributed by atoms with Crippen LogP contribution < -0.4 is 15.4 Å². The second-order valence-corrected chi connectivity index (χ2v) is 7.65. The smallest absolute Gasteiger partial charge is 0.329 e. The van der Waals surface area contributed by atoms with Gasteiger partial charge in [0.15, 0.2) is 0 Å². The lowest BCUT2D eigenvalue weighted by Crippen LogP contribution is -2.38. The van der Waals surface area contributed by atoms with Crippen molar-refractivity contribution in [2.75, 3.05) is 19.0 Å². The molecule has 1 aliphatic heterocycles. The highest BCUT2D eigenvalue weighted by molar-refractivity contribution is 6.16. The Morgan fingerprint density at radius 1 is 1.00 bits per heavy atom. The van der Waals surface area contributed by atoms with Crippen LogP contribution in [0.5, 0.6) is 5.75 Å². The molecule has 0 saturated carbocycles. The number of methoxy groups -OCH3 is 1. The fraction of sp³-hybridized carbons (Fsp3) is 0.115. The third kappa shape index (κ3) is 5.10. The Hall–Kier alpha value is -4.39. The molecule has 7 nitrogen and oxygen atoms in total. The van der Waals surface area contributed by atoms with E-state index in [2.05, 4.69) is 10.6 Å². The lowest BCUT2D eigenvalue weighted by atomic mass is 10.0. The molecule has 0 unspecified atom stereocenters. The summed E-state index contributed by atoms with van der Waals surface area (Å²) in [6, 6.07) is 21.8. The molecule has 3 aromatic carbocycles. The number of urea groups is 1. The van der Waals surface area contributed by atoms with Crippen LogP contribution in [0.4, 0.5) is 10.5 Å². The van der Waals surface area contributed by atoms with Crippen molar-refractivity contribution < 1.29 is 19.1 Å². The molecule has 1 saturated heterocycles. The van der Waals surface area contributed by atoms with E-state index in [4.69, 9.17) is 4.74 Å². The highest BCUT2D eigenvalue weighted by Crippen LogP contribution is 2.25. The molecule has 2 N–H and O–H groups in total. The van der Waals surface area contributed by atoms with Gasteiger partial charge < -0.3 is 15.4 Å². The van der Waals surface area contributed by atoms with Crippen LogP contribution in [0.15, 0.2) is 78.5 Å². The van der Waals surface area contributed by atoms with Gasteiger partial charge in [0.2, 0.25) is 5.91 Å². The number of carbonyl (C=O) groups is 3. The molecule has 4 rings (SSSR count). The summed E-state index contributed by atoms with van der Waals surface area (Å²) >= 11 is 0. The number of aryl methyl sites for hydroxylation is 1. The van der Waals surface area contributed by atoms with Crippen molar-refractivity contribution in [3.63, 3.8) is 0 Å². The standard InChI is InChI=1S/C26H23N3O4/c1-17-9-11-21(12-10-17)27-24(30)16-29-25(31)23(28-26(29)32)14-18-5-3-6-19(13-18)20-7-4-8-22(15-20)33-2/h3-15H,16H2,1-2H3,(H,27,30)(H,28,32). The van der Waals surface area contributed by atoms with Gasteiger partial charge in [0, 0.05) is 5.69 Å². The van der Waals surface area contributed by atoms with Crippen molar-refractivity contribution in [3.8, 4) is 16.9 Å². The van der Waals surface area contributed by atoms with E-state index in [1.165, 1.54) is 0 Å². The summed E-state index contributed by atoms with van der Waals surface area (Å²) in [5.41, 5.74) is 4.42. The van der Waals surface area contributed by atoms with Crippen molar-refractivity contribution in [2.45, 2.75) is 6.92 Å². The maximum Gasteiger partial charge on any atom is 0.329 e. The minimum Gasteiger partial charge on any atom is -0.497 e. The molecule has 166 valence electrons. The molecule has 1 heterocycles. The number of benzene rings is 3. The minimum atomic E-state index is -0.630. The Kier molecular flexibility index (Phi) is 6.22. The zero-order valence-corrected chi connectivity index (χ0v) is 18.3. The summed E-state index contributed by atoms with van der Waals surface area (Å²) in [5, 5.41) is 5.25. The van der Waals surface area contributed by atoms with Gasteiger partial charge in [-0.3, -0.25) is 9.59 Å². The Labute approximate surface area is 191 Å². The largest absolute Gasteiger partial charge is 0.497 e. The van der Waals surface area contributed by atoms with Gasteiger partial charge in [-0.05, 0) is 60.0 Å². The third-order valence-corrected chi connectivity index (χ3v) is 5.20. The maximum atomic E-state index is 12.8. The summed E-state index contributed by atoms with van der Waals surface area (Å²) in [4.78, 5) is 38.3. The third-order valence-electron chi connectivity index (χ3n) is 5.20. The molecule has 0 atom stereocenters. The Balaban J connectivity index is 1.48. The molecule has 4 amide bonds. The van der Waals surface area contributed by atoms with Gasteiger partial charge in [-0.1, -0.05) is 48.0 Å². The van der Waals surface area contributed by atoms with Gasteiger partial charge >= 0.3 is 6.03 Å². The van der Waals surface area contributed by atoms with Crippen LogP contribution >= 0.6 is 0 Å². The van der Waals surface area contributed by atoms with Crippen LogP contribution in [0, 0.1) is 6.92 Å². The molecule has 0 radical (unpaired) electrons. The van der Waals surface area contributed by atoms with Crippen molar-refractivity contribution in [1.82, 2.24) is 10.2 Å². The number of anilines is 1. The predicted octanol–water partition coefficient (Wildman–Crippen LogP) is 4.20. The first-order valence-corrected chi connectivity index (χ1v) is 10.4. The molecule has 33 heavy (non-hydrogen) atoms. The first-order valence-electron chi connectivity index (χ1n) is 10.4. The normalized spacial score (nSPS) is 14.4. The average Bonchev–Trinajstić information content (AvgIpc) is 3.08. The first-order chi connectivity index (χ1) is 15.9. The van der Waals surface area contributed by atoms with Gasteiger partial charge in [0.1, 0.15) is 18.0 Å². The van der Waals surface area contributed by atoms with E-state index in [1.54, 1.807) is 25.3 Å². The molecule has 3 aromatic rings. The SMILES string of the molecule is COc1cccc(-c2cccc(C=C3NC(=O)N(CC(=O)Nc4ccc(C)cc4)C3=O)c2)c1. The lowest BCUT2D eigenvalue weighted by molar-refractivity contribution is -0.127. The van der Waals surface area contributed by atoms with Crippen molar-refractivity contribution in [2.24, 2.45) is 0 Å². The van der Waals surface area contributed by atoms with E-state index in [1.807, 2.05) is 67.6 Å². The Morgan fingerprint density at radius 2 is 1.70 bits per heavy atom. The minimum absolute atomic E-state index is 0.117. The molecule has 0 spiro atoms. The number of carbonyl (C=O) groups excluding carboxylic acids is 3. The Morgan fingerprint density at radius 3 is 2.42 bits per heavy atom. The number of amides is 4. The number of hydrogen-bond donors (Lipinski definition) is 2. The van der Waals surface area contributed by atoms with Crippen molar-refractivity contribution in [1.29, 1.82) is 0 Å². The second-order valence-electron chi connectivity index (χ2n) is 7.65. The fourth-order valence-corrected chi connectivity index (χ4v) is 3.47. The molecule has 1 fully saturated rings. The van der Waals surface area contributed by atoms with Crippen LogP contribution in [0.2, 0.25) is 0 Å². The monoisotopic (exact) mass is 441 g/mol. The zero-order valence-electron chi connectivity index (χ0n) is 18.3. The summed E-state index contributed by atoms with van der Waals surface area (Å²) in [5.74, 6) is -0.261. The number of imide groups is 1. The van der Waals surface area contributed by atoms with Gasteiger partial charge in [0.05, 0.1) is 7.11 Å². The molecule has 7 heteroatoms. The van der Waals surface area contributed by atoms with Crippen molar-refractivity contribution in [3.05, 3.63) is 89.6 Å². The van der Waals surface area contributed by atoms with E-state index in [-0.39, 0.29) is 12.2 Å². The van der Waals surface area contributed by atoms with Crippen LogP contribution in [0.1, 0.15) is 11.1 Å². The van der Waals surface area contributed by atoms with Gasteiger partial charge in [-0.15, -0.1) is 0 Å². The van der Waals surface area contributed by atoms with Crippen LogP contribution in [-0.4, -0.2) is 36.4 Å². The first kappa shape index (κ1) is 21.8. The molecule has 0 bridgehead atoms. The number of ether oxygens (including phenoxy) is 1. The summed E-state index contributed by atoms with van der Waals surface area (Å²) in [6.45, 7) is 1.57. The number of nitrogens with zero attached hydrogens (tertiary/aromatic N) is 1. The van der Waals surface area contributed by atoms with E-state index >= 15 is 0 Å². The van der Waals surface area contributed by atoms with Crippen LogP contribution in [0.3, 0.4) is 0 Å². The highest BCUT2D eigenvalue weighted by Gasteiger charge is 2.34. The zero-order chi connectivity index (χ0) is 23.4. The molecule has 0 aliphatic carbocycles. The number of rotatable bonds is 6. The lowest BCUT2D eigenvalue weighted by Gasteiger charge is -2.12. The molecular weight excluding hydrogens is 418 g/mol. The maximum absolute atomic E-state index is 12.8. The van der Waals surface area contributed by atoms with E-state index in [0.717, 1.165) is 32.9 Å². The van der Waals surface area contributed by atoms with E-state index < -0.39 is 17.8 Å². The average molecular weight is 441 g/mol. The van der Waals surface area contributed by atoms with E-state index in [0.29, 0.717) is 5.69 Å². The predicted molar refractivity (Wildman–Crippen MR) is 126 cm³/mol. The second kappa shape index (κ2) is 9.40. The van der Waals surface area contributed by atoms with Gasteiger partial charge in [-0.25, -0.2) is 9.69 Å². The molecule has 0 aromatic heterocycles. The van der Waals surface area contributed by atoms with Crippen molar-refractivity contribution >= 4 is 29.6 Å². The van der Waals surface area contributed by atoms with Gasteiger partial charge in [-0.2, -0.15) is 0 Å². The topological polar surface area (TPSA) is 87.7 Å². The van der Waals surface area contributed by atoms with Crippen LogP contribution in [0.25, 0.3) is 17.2 Å². The quantitative estimate of drug-likeness (QED) is 0.443. The highest BCUT2D eigenvalue weighted by atomic mass is 16.5. The van der Waals surface area contributed by atoms with E-state index in [9.17, 15) is 14.4 Å².